The molecule has 6 heteroatoms. The monoisotopic (exact) mass is 291 g/mol. The first kappa shape index (κ1) is 12.5. The lowest BCUT2D eigenvalue weighted by Crippen LogP contribution is -2.26. The molecule has 0 unspecified atom stereocenters. The van der Waals surface area contributed by atoms with Crippen LogP contribution in [-0.2, 0) is 13.1 Å². The molecule has 0 saturated carbocycles. The molecular formula is C13H13N3OS2. The summed E-state index contributed by atoms with van der Waals surface area (Å²) in [5.74, 6) is 0. The molecule has 0 fully saturated rings. The van der Waals surface area contributed by atoms with Gasteiger partial charge < -0.3 is 5.32 Å². The molecule has 0 aromatic carbocycles. The van der Waals surface area contributed by atoms with Crippen molar-refractivity contribution in [1.82, 2.24) is 14.9 Å². The fourth-order valence-electron chi connectivity index (χ4n) is 1.88. The first-order valence-electron chi connectivity index (χ1n) is 6.00. The van der Waals surface area contributed by atoms with E-state index in [2.05, 4.69) is 21.7 Å². The standard InChI is InChI=1S/C13H13N3OS2/c17-13-11-3-7-19-12(11)15-9-16(13)5-4-14-8-10-2-1-6-18-10/h1-3,6-7,9,14H,4-5,8H2. The van der Waals surface area contributed by atoms with Crippen LogP contribution >= 0.6 is 22.7 Å². The van der Waals surface area contributed by atoms with Gasteiger partial charge in [-0.05, 0) is 22.9 Å². The molecule has 4 nitrogen and oxygen atoms in total. The molecule has 0 aliphatic rings. The van der Waals surface area contributed by atoms with Crippen molar-refractivity contribution in [2.75, 3.05) is 6.54 Å². The van der Waals surface area contributed by atoms with E-state index in [1.807, 2.05) is 17.5 Å². The van der Waals surface area contributed by atoms with Gasteiger partial charge in [-0.3, -0.25) is 9.36 Å². The third-order valence-electron chi connectivity index (χ3n) is 2.86. The summed E-state index contributed by atoms with van der Waals surface area (Å²) in [7, 11) is 0. The van der Waals surface area contributed by atoms with Gasteiger partial charge in [0, 0.05) is 24.5 Å². The fourth-order valence-corrected chi connectivity index (χ4v) is 3.27. The van der Waals surface area contributed by atoms with Crippen LogP contribution < -0.4 is 10.9 Å². The number of nitrogens with one attached hydrogen (secondary N) is 1. The van der Waals surface area contributed by atoms with Gasteiger partial charge >= 0.3 is 0 Å². The molecule has 98 valence electrons. The fraction of sp³-hybridized carbons (Fsp3) is 0.231. The Morgan fingerprint density at radius 2 is 2.21 bits per heavy atom. The van der Waals surface area contributed by atoms with Crippen LogP contribution in [0.1, 0.15) is 4.88 Å². The molecule has 0 spiro atoms. The van der Waals surface area contributed by atoms with E-state index in [0.717, 1.165) is 17.9 Å². The van der Waals surface area contributed by atoms with E-state index in [9.17, 15) is 4.79 Å². The summed E-state index contributed by atoms with van der Waals surface area (Å²) in [4.78, 5) is 18.5. The van der Waals surface area contributed by atoms with Gasteiger partial charge in [-0.2, -0.15) is 0 Å². The topological polar surface area (TPSA) is 46.9 Å². The van der Waals surface area contributed by atoms with Gasteiger partial charge in [-0.15, -0.1) is 22.7 Å². The summed E-state index contributed by atoms with van der Waals surface area (Å²) in [5.41, 5.74) is 0.0455. The molecule has 3 aromatic heterocycles. The van der Waals surface area contributed by atoms with Crippen LogP contribution in [0.5, 0.6) is 0 Å². The Morgan fingerprint density at radius 3 is 3.05 bits per heavy atom. The Hall–Kier alpha value is -1.50. The molecule has 0 amide bonds. The van der Waals surface area contributed by atoms with Crippen LogP contribution in [0.3, 0.4) is 0 Å². The highest BCUT2D eigenvalue weighted by Crippen LogP contribution is 2.13. The Labute approximate surface area is 118 Å². The number of aromatic nitrogens is 2. The molecule has 0 bridgehead atoms. The third-order valence-corrected chi connectivity index (χ3v) is 4.56. The molecule has 0 saturated heterocycles. The van der Waals surface area contributed by atoms with E-state index in [0.29, 0.717) is 11.9 Å². The van der Waals surface area contributed by atoms with E-state index in [4.69, 9.17) is 0 Å². The van der Waals surface area contributed by atoms with Gasteiger partial charge in [0.25, 0.3) is 5.56 Å². The quantitative estimate of drug-likeness (QED) is 0.734. The average molecular weight is 291 g/mol. The number of nitrogens with zero attached hydrogens (tertiary/aromatic N) is 2. The lowest BCUT2D eigenvalue weighted by molar-refractivity contribution is 0.585. The smallest absolute Gasteiger partial charge is 0.262 e. The van der Waals surface area contributed by atoms with E-state index in [1.54, 1.807) is 22.2 Å². The Kier molecular flexibility index (Phi) is 3.72. The van der Waals surface area contributed by atoms with Crippen molar-refractivity contribution in [3.63, 3.8) is 0 Å². The predicted octanol–water partition coefficient (Wildman–Crippen LogP) is 2.31. The third kappa shape index (κ3) is 2.75. The molecule has 3 aromatic rings. The highest BCUT2D eigenvalue weighted by Gasteiger charge is 2.04. The second-order valence-corrected chi connectivity index (χ2v) is 6.07. The molecular weight excluding hydrogens is 278 g/mol. The Morgan fingerprint density at radius 1 is 1.26 bits per heavy atom. The van der Waals surface area contributed by atoms with Gasteiger partial charge in [0.1, 0.15) is 4.83 Å². The van der Waals surface area contributed by atoms with Crippen molar-refractivity contribution in [2.45, 2.75) is 13.1 Å². The summed E-state index contributed by atoms with van der Waals surface area (Å²) >= 11 is 3.23. The van der Waals surface area contributed by atoms with Crippen LogP contribution in [0, 0.1) is 0 Å². The molecule has 0 atom stereocenters. The summed E-state index contributed by atoms with van der Waals surface area (Å²) in [6, 6.07) is 5.98. The minimum atomic E-state index is 0.0455. The van der Waals surface area contributed by atoms with Gasteiger partial charge in [0.15, 0.2) is 0 Å². The molecule has 3 heterocycles. The summed E-state index contributed by atoms with van der Waals surface area (Å²) in [5, 5.41) is 8.01. The maximum Gasteiger partial charge on any atom is 0.262 e. The van der Waals surface area contributed by atoms with Crippen molar-refractivity contribution in [3.05, 3.63) is 50.5 Å². The van der Waals surface area contributed by atoms with Crippen molar-refractivity contribution < 1.29 is 0 Å². The Bertz CT molecular complexity index is 715. The second-order valence-electron chi connectivity index (χ2n) is 4.14. The zero-order valence-electron chi connectivity index (χ0n) is 10.2. The molecule has 19 heavy (non-hydrogen) atoms. The van der Waals surface area contributed by atoms with Crippen LogP contribution in [0.25, 0.3) is 10.2 Å². The highest BCUT2D eigenvalue weighted by molar-refractivity contribution is 7.16. The minimum Gasteiger partial charge on any atom is -0.310 e. The molecule has 0 aliphatic carbocycles. The lowest BCUT2D eigenvalue weighted by Gasteiger charge is -2.06. The van der Waals surface area contributed by atoms with Crippen molar-refractivity contribution >= 4 is 32.9 Å². The van der Waals surface area contributed by atoms with Gasteiger partial charge in [0.05, 0.1) is 11.7 Å². The van der Waals surface area contributed by atoms with Crippen LogP contribution in [-0.4, -0.2) is 16.1 Å². The van der Waals surface area contributed by atoms with Crippen LogP contribution in [0.15, 0.2) is 40.1 Å². The maximum absolute atomic E-state index is 12.1. The first-order chi connectivity index (χ1) is 9.34. The van der Waals surface area contributed by atoms with Crippen molar-refractivity contribution in [1.29, 1.82) is 0 Å². The SMILES string of the molecule is O=c1c2ccsc2ncn1CCNCc1cccs1. The summed E-state index contributed by atoms with van der Waals surface area (Å²) in [6.45, 7) is 2.25. The van der Waals surface area contributed by atoms with E-state index in [1.165, 1.54) is 16.2 Å². The Balaban J connectivity index is 1.62. The summed E-state index contributed by atoms with van der Waals surface area (Å²) < 4.78 is 1.66. The number of hydrogen-bond acceptors (Lipinski definition) is 5. The van der Waals surface area contributed by atoms with E-state index >= 15 is 0 Å². The zero-order chi connectivity index (χ0) is 13.1. The van der Waals surface area contributed by atoms with Crippen LogP contribution in [0.2, 0.25) is 0 Å². The van der Waals surface area contributed by atoms with Crippen molar-refractivity contribution in [2.24, 2.45) is 0 Å². The number of hydrogen-bond donors (Lipinski definition) is 1. The number of rotatable bonds is 5. The highest BCUT2D eigenvalue weighted by atomic mass is 32.1. The molecule has 0 radical (unpaired) electrons. The predicted molar refractivity (Wildman–Crippen MR) is 79.9 cm³/mol. The lowest BCUT2D eigenvalue weighted by atomic mass is 10.4. The maximum atomic E-state index is 12.1. The first-order valence-corrected chi connectivity index (χ1v) is 7.76. The average Bonchev–Trinajstić information content (AvgIpc) is 3.08. The number of fused-ring (bicyclic) bond motifs is 1. The molecule has 1 N–H and O–H groups in total. The summed E-state index contributed by atoms with van der Waals surface area (Å²) in [6.07, 6.45) is 1.63. The zero-order valence-corrected chi connectivity index (χ0v) is 11.8. The number of thiophene rings is 2. The van der Waals surface area contributed by atoms with Crippen LogP contribution in [0.4, 0.5) is 0 Å². The molecule has 3 rings (SSSR count). The van der Waals surface area contributed by atoms with Crippen molar-refractivity contribution in [3.8, 4) is 0 Å². The van der Waals surface area contributed by atoms with E-state index in [-0.39, 0.29) is 5.56 Å². The van der Waals surface area contributed by atoms with Gasteiger partial charge in [0.2, 0.25) is 0 Å². The van der Waals surface area contributed by atoms with Gasteiger partial charge in [-0.1, -0.05) is 6.07 Å². The molecule has 0 aliphatic heterocycles. The largest absolute Gasteiger partial charge is 0.310 e. The normalized spacial score (nSPS) is 11.2. The minimum absolute atomic E-state index is 0.0455. The van der Waals surface area contributed by atoms with Gasteiger partial charge in [-0.25, -0.2) is 4.98 Å². The second kappa shape index (κ2) is 5.64. The van der Waals surface area contributed by atoms with E-state index < -0.39 is 0 Å².